The molecule has 0 N–H and O–H groups in total. The summed E-state index contributed by atoms with van der Waals surface area (Å²) >= 11 is 8.72. The summed E-state index contributed by atoms with van der Waals surface area (Å²) in [5.74, 6) is 0. The second kappa shape index (κ2) is 6.37. The number of thiophene rings is 1. The summed E-state index contributed by atoms with van der Waals surface area (Å²) < 4.78 is 6.09. The molecule has 4 rings (SSSR count). The summed E-state index contributed by atoms with van der Waals surface area (Å²) in [6.07, 6.45) is 0. The first-order chi connectivity index (χ1) is 10.8. The molecule has 0 unspecified atom stereocenters. The number of halogens is 1. The zero-order chi connectivity index (χ0) is 14.9. The molecule has 22 heavy (non-hydrogen) atoms. The Morgan fingerprint density at radius 2 is 1.68 bits per heavy atom. The van der Waals surface area contributed by atoms with Crippen LogP contribution < -0.4 is 8.92 Å². The van der Waals surface area contributed by atoms with Crippen molar-refractivity contribution in [3.05, 3.63) is 71.1 Å². The van der Waals surface area contributed by atoms with Crippen molar-refractivity contribution < 1.29 is 0 Å². The average Bonchev–Trinajstić information content (AvgIpc) is 3.12. The first-order valence-electron chi connectivity index (χ1n) is 6.80. The third kappa shape index (κ3) is 2.86. The molecule has 0 aliphatic carbocycles. The molecule has 0 fully saturated rings. The van der Waals surface area contributed by atoms with Crippen LogP contribution in [-0.2, 0) is 0 Å². The van der Waals surface area contributed by atoms with Crippen LogP contribution in [0.5, 0.6) is 0 Å². The van der Waals surface area contributed by atoms with Gasteiger partial charge in [-0.25, -0.2) is 0 Å². The minimum absolute atomic E-state index is 0.351. The predicted octanol–water partition coefficient (Wildman–Crippen LogP) is 3.93. The van der Waals surface area contributed by atoms with Gasteiger partial charge in [0, 0.05) is 0 Å². The molecular weight excluding hydrogens is 442 g/mol. The van der Waals surface area contributed by atoms with Crippen LogP contribution in [0, 0.1) is 0 Å². The second-order valence-corrected chi connectivity index (χ2v) is 11.2. The van der Waals surface area contributed by atoms with Crippen LogP contribution >= 0.6 is 22.9 Å². The number of rotatable bonds is 3. The molecule has 0 saturated heterocycles. The monoisotopic (exact) mass is 454 g/mol. The molecule has 0 spiro atoms. The fourth-order valence-electron chi connectivity index (χ4n) is 2.30. The molecule has 4 heteroatoms. The Labute approximate surface area is 150 Å². The van der Waals surface area contributed by atoms with Gasteiger partial charge in [0.2, 0.25) is 0 Å². The quantitative estimate of drug-likeness (QED) is 0.413. The molecule has 108 valence electrons. The number of fused-ring (bicyclic) bond motifs is 1. The van der Waals surface area contributed by atoms with E-state index in [1.54, 1.807) is 8.04 Å². The van der Waals surface area contributed by atoms with Gasteiger partial charge in [-0.15, -0.1) is 0 Å². The SMILES string of the molecule is Clc1ccc(-c2[se]c3sccc3c2[Se]c2ccccc2)cc1. The minimum atomic E-state index is 0.351. The normalized spacial score (nSPS) is 11.1. The fourth-order valence-corrected chi connectivity index (χ4v) is 9.64. The third-order valence-electron chi connectivity index (χ3n) is 3.34. The van der Waals surface area contributed by atoms with E-state index in [2.05, 4.69) is 53.9 Å². The van der Waals surface area contributed by atoms with Gasteiger partial charge < -0.3 is 0 Å². The molecule has 0 bridgehead atoms. The zero-order valence-corrected chi connectivity index (χ0v) is 16.5. The molecule has 0 aliphatic heterocycles. The number of hydrogen-bond acceptors (Lipinski definition) is 1. The number of hydrogen-bond donors (Lipinski definition) is 0. The van der Waals surface area contributed by atoms with E-state index in [1.807, 2.05) is 23.5 Å². The molecule has 0 nitrogen and oxygen atoms in total. The fraction of sp³-hybridized carbons (Fsp3) is 0. The standard InChI is InChI=1S/C18H11ClSSe2/c19-13-8-6-12(7-9-13)16-17(15-10-11-20-18(15)22-16)21-14-4-2-1-3-5-14/h1-11H. The summed E-state index contributed by atoms with van der Waals surface area (Å²) in [5.41, 5.74) is 1.33. The third-order valence-corrected chi connectivity index (χ3v) is 10.6. The van der Waals surface area contributed by atoms with Crippen LogP contribution in [0.4, 0.5) is 0 Å². The van der Waals surface area contributed by atoms with Crippen molar-refractivity contribution in [1.29, 1.82) is 0 Å². The summed E-state index contributed by atoms with van der Waals surface area (Å²) in [6, 6.07) is 21.5. The van der Waals surface area contributed by atoms with Gasteiger partial charge in [0.05, 0.1) is 0 Å². The van der Waals surface area contributed by atoms with Crippen molar-refractivity contribution in [2.45, 2.75) is 0 Å². The van der Waals surface area contributed by atoms with Crippen molar-refractivity contribution >= 4 is 70.3 Å². The molecule has 0 aliphatic rings. The second-order valence-electron chi connectivity index (χ2n) is 4.80. The van der Waals surface area contributed by atoms with Crippen LogP contribution in [-0.4, -0.2) is 29.5 Å². The molecule has 2 aromatic heterocycles. The number of benzene rings is 2. The first kappa shape index (κ1) is 14.8. The maximum atomic E-state index is 6.05. The Balaban J connectivity index is 1.86. The Bertz CT molecular complexity index is 907. The van der Waals surface area contributed by atoms with Crippen LogP contribution in [0.3, 0.4) is 0 Å². The van der Waals surface area contributed by atoms with Crippen LogP contribution in [0.25, 0.3) is 19.0 Å². The van der Waals surface area contributed by atoms with Gasteiger partial charge >= 0.3 is 151 Å². The van der Waals surface area contributed by atoms with E-state index < -0.39 is 0 Å². The van der Waals surface area contributed by atoms with Gasteiger partial charge in [0.15, 0.2) is 0 Å². The van der Waals surface area contributed by atoms with E-state index in [0.29, 0.717) is 29.5 Å². The van der Waals surface area contributed by atoms with Gasteiger partial charge in [0.25, 0.3) is 0 Å². The van der Waals surface area contributed by atoms with Gasteiger partial charge in [-0.05, 0) is 0 Å². The molecule has 2 aromatic carbocycles. The summed E-state index contributed by atoms with van der Waals surface area (Å²) in [5, 5.41) is 4.52. The van der Waals surface area contributed by atoms with Crippen molar-refractivity contribution in [1.82, 2.24) is 0 Å². The molecule has 0 atom stereocenters. The van der Waals surface area contributed by atoms with Crippen molar-refractivity contribution in [2.75, 3.05) is 0 Å². The van der Waals surface area contributed by atoms with E-state index in [0.717, 1.165) is 5.02 Å². The van der Waals surface area contributed by atoms with Crippen LogP contribution in [0.2, 0.25) is 5.02 Å². The van der Waals surface area contributed by atoms with E-state index in [-0.39, 0.29) is 0 Å². The predicted molar refractivity (Wildman–Crippen MR) is 101 cm³/mol. The Morgan fingerprint density at radius 1 is 0.909 bits per heavy atom. The van der Waals surface area contributed by atoms with Crippen molar-refractivity contribution in [2.24, 2.45) is 0 Å². The molecule has 0 amide bonds. The first-order valence-corrected chi connectivity index (χ1v) is 11.5. The summed E-state index contributed by atoms with van der Waals surface area (Å²) in [4.78, 5) is 0. The van der Waals surface area contributed by atoms with Gasteiger partial charge in [0.1, 0.15) is 0 Å². The van der Waals surface area contributed by atoms with E-state index in [1.165, 1.54) is 19.8 Å². The van der Waals surface area contributed by atoms with Crippen molar-refractivity contribution in [3.8, 4) is 10.0 Å². The van der Waals surface area contributed by atoms with Gasteiger partial charge in [-0.1, -0.05) is 0 Å². The molecule has 0 radical (unpaired) electrons. The van der Waals surface area contributed by atoms with E-state index >= 15 is 0 Å². The zero-order valence-electron chi connectivity index (χ0n) is 11.5. The average molecular weight is 453 g/mol. The Morgan fingerprint density at radius 3 is 2.45 bits per heavy atom. The topological polar surface area (TPSA) is 0 Å². The van der Waals surface area contributed by atoms with E-state index in [9.17, 15) is 0 Å². The van der Waals surface area contributed by atoms with E-state index in [4.69, 9.17) is 11.6 Å². The van der Waals surface area contributed by atoms with Crippen LogP contribution in [0.1, 0.15) is 0 Å². The summed E-state index contributed by atoms with van der Waals surface area (Å²) in [6.45, 7) is 0. The Hall–Kier alpha value is -0.791. The van der Waals surface area contributed by atoms with Crippen LogP contribution in [0.15, 0.2) is 66.0 Å². The van der Waals surface area contributed by atoms with Crippen molar-refractivity contribution in [3.63, 3.8) is 0 Å². The molecule has 2 heterocycles. The molecular formula is C18H11ClSSe2. The van der Waals surface area contributed by atoms with Gasteiger partial charge in [-0.2, -0.15) is 0 Å². The summed E-state index contributed by atoms with van der Waals surface area (Å²) in [7, 11) is 0. The maximum absolute atomic E-state index is 6.05. The molecule has 4 aromatic rings. The molecule has 0 saturated carbocycles. The Kier molecular flexibility index (Phi) is 4.28. The van der Waals surface area contributed by atoms with Gasteiger partial charge in [-0.3, -0.25) is 0 Å².